The molecule has 0 atom stereocenters. The third-order valence-electron chi connectivity index (χ3n) is 3.53. The van der Waals surface area contributed by atoms with Crippen LogP contribution in [0.5, 0.6) is 5.75 Å². The molecule has 1 aromatic rings. The predicted molar refractivity (Wildman–Crippen MR) is 81.8 cm³/mol. The highest BCUT2D eigenvalue weighted by Gasteiger charge is 2.16. The van der Waals surface area contributed by atoms with Crippen LogP contribution in [0.2, 0.25) is 0 Å². The van der Waals surface area contributed by atoms with E-state index in [1.54, 1.807) is 13.2 Å². The van der Waals surface area contributed by atoms with Gasteiger partial charge in [-0.3, -0.25) is 4.79 Å². The van der Waals surface area contributed by atoms with Crippen LogP contribution < -0.4 is 15.4 Å². The minimum Gasteiger partial charge on any atom is -0.493 e. The maximum Gasteiger partial charge on any atom is 0.251 e. The Morgan fingerprint density at radius 3 is 2.90 bits per heavy atom. The van der Waals surface area contributed by atoms with Gasteiger partial charge in [0.1, 0.15) is 5.75 Å². The van der Waals surface area contributed by atoms with Gasteiger partial charge in [0.15, 0.2) is 0 Å². The van der Waals surface area contributed by atoms with Crippen LogP contribution in [0.1, 0.15) is 29.6 Å². The number of hydrogen-bond donors (Lipinski definition) is 2. The zero-order valence-electron chi connectivity index (χ0n) is 12.6. The molecule has 5 heteroatoms. The second kappa shape index (κ2) is 8.64. The van der Waals surface area contributed by atoms with E-state index in [9.17, 15) is 4.79 Å². The van der Waals surface area contributed by atoms with Gasteiger partial charge in [-0.05, 0) is 44.1 Å². The smallest absolute Gasteiger partial charge is 0.251 e. The van der Waals surface area contributed by atoms with Crippen molar-refractivity contribution in [3.8, 4) is 5.75 Å². The molecule has 5 nitrogen and oxygen atoms in total. The van der Waals surface area contributed by atoms with E-state index in [4.69, 9.17) is 9.47 Å². The average Bonchev–Trinajstić information content (AvgIpc) is 2.53. The fourth-order valence-corrected chi connectivity index (χ4v) is 2.36. The predicted octanol–water partition coefficient (Wildman–Crippen LogP) is 1.58. The second-order valence-electron chi connectivity index (χ2n) is 5.22. The number of carbonyl (C=O) groups excluding carboxylic acids is 1. The number of methoxy groups -OCH3 is 1. The molecule has 0 bridgehead atoms. The van der Waals surface area contributed by atoms with Crippen molar-refractivity contribution in [1.82, 2.24) is 10.6 Å². The van der Waals surface area contributed by atoms with Crippen LogP contribution in [0.25, 0.3) is 0 Å². The Labute approximate surface area is 126 Å². The largest absolute Gasteiger partial charge is 0.493 e. The van der Waals surface area contributed by atoms with Gasteiger partial charge in [0, 0.05) is 31.7 Å². The first-order chi connectivity index (χ1) is 10.3. The lowest BCUT2D eigenvalue weighted by Crippen LogP contribution is -2.42. The van der Waals surface area contributed by atoms with Gasteiger partial charge in [-0.15, -0.1) is 0 Å². The maximum atomic E-state index is 12.2. The van der Waals surface area contributed by atoms with E-state index in [-0.39, 0.29) is 11.9 Å². The molecule has 0 unspecified atom stereocenters. The topological polar surface area (TPSA) is 59.6 Å². The van der Waals surface area contributed by atoms with Gasteiger partial charge in [-0.25, -0.2) is 0 Å². The van der Waals surface area contributed by atoms with Crippen LogP contribution in [0.15, 0.2) is 24.3 Å². The Bertz CT molecular complexity index is 445. The van der Waals surface area contributed by atoms with Gasteiger partial charge in [-0.2, -0.15) is 0 Å². The Hall–Kier alpha value is -1.59. The third-order valence-corrected chi connectivity index (χ3v) is 3.53. The van der Waals surface area contributed by atoms with E-state index >= 15 is 0 Å². The molecular weight excluding hydrogens is 268 g/mol. The summed E-state index contributed by atoms with van der Waals surface area (Å²) in [5.41, 5.74) is 0.651. The molecule has 1 saturated heterocycles. The molecule has 1 heterocycles. The summed E-state index contributed by atoms with van der Waals surface area (Å²) in [4.78, 5) is 12.2. The maximum absolute atomic E-state index is 12.2. The number of nitrogens with one attached hydrogen (secondary N) is 2. The van der Waals surface area contributed by atoms with Gasteiger partial charge >= 0.3 is 0 Å². The molecule has 116 valence electrons. The third kappa shape index (κ3) is 5.36. The van der Waals surface area contributed by atoms with Crippen molar-refractivity contribution in [2.45, 2.75) is 25.3 Å². The van der Waals surface area contributed by atoms with Gasteiger partial charge < -0.3 is 20.1 Å². The van der Waals surface area contributed by atoms with E-state index in [0.717, 1.165) is 38.1 Å². The first kappa shape index (κ1) is 15.8. The van der Waals surface area contributed by atoms with Gasteiger partial charge in [0.25, 0.3) is 5.91 Å². The number of rotatable bonds is 7. The van der Waals surface area contributed by atoms with Gasteiger partial charge in [0.05, 0.1) is 6.61 Å². The minimum atomic E-state index is -0.0239. The van der Waals surface area contributed by atoms with Crippen molar-refractivity contribution in [2.75, 3.05) is 33.4 Å². The minimum absolute atomic E-state index is 0.0239. The quantitative estimate of drug-likeness (QED) is 0.749. The van der Waals surface area contributed by atoms with Crippen LogP contribution in [0, 0.1) is 0 Å². The summed E-state index contributed by atoms with van der Waals surface area (Å²) in [6, 6.07) is 7.60. The van der Waals surface area contributed by atoms with Crippen molar-refractivity contribution >= 4 is 5.91 Å². The number of piperidine rings is 1. The lowest BCUT2D eigenvalue weighted by molar-refractivity contribution is 0.0929. The molecule has 1 aliphatic heterocycles. The zero-order valence-corrected chi connectivity index (χ0v) is 12.6. The van der Waals surface area contributed by atoms with E-state index in [1.165, 1.54) is 0 Å². The van der Waals surface area contributed by atoms with Crippen LogP contribution in [-0.4, -0.2) is 45.4 Å². The van der Waals surface area contributed by atoms with Crippen LogP contribution in [-0.2, 0) is 4.74 Å². The Morgan fingerprint density at radius 2 is 2.14 bits per heavy atom. The summed E-state index contributed by atoms with van der Waals surface area (Å²) in [6.45, 7) is 3.20. The van der Waals surface area contributed by atoms with Crippen molar-refractivity contribution in [1.29, 1.82) is 0 Å². The molecule has 1 amide bonds. The van der Waals surface area contributed by atoms with Crippen LogP contribution in [0.4, 0.5) is 0 Å². The molecule has 0 aliphatic carbocycles. The number of ether oxygens (including phenoxy) is 2. The normalized spacial score (nSPS) is 15.7. The molecule has 1 aliphatic rings. The fraction of sp³-hybridized carbons (Fsp3) is 0.562. The summed E-state index contributed by atoms with van der Waals surface area (Å²) in [7, 11) is 1.67. The highest BCUT2D eigenvalue weighted by molar-refractivity contribution is 5.94. The molecule has 2 N–H and O–H groups in total. The van der Waals surface area contributed by atoms with E-state index in [0.29, 0.717) is 18.8 Å². The molecule has 0 aromatic heterocycles. The molecule has 0 spiro atoms. The molecule has 2 rings (SSSR count). The highest BCUT2D eigenvalue weighted by Crippen LogP contribution is 2.14. The van der Waals surface area contributed by atoms with Crippen LogP contribution in [0.3, 0.4) is 0 Å². The van der Waals surface area contributed by atoms with Crippen molar-refractivity contribution < 1.29 is 14.3 Å². The van der Waals surface area contributed by atoms with E-state index < -0.39 is 0 Å². The zero-order chi connectivity index (χ0) is 14.9. The summed E-state index contributed by atoms with van der Waals surface area (Å²) in [6.07, 6.45) is 2.81. The van der Waals surface area contributed by atoms with Crippen molar-refractivity contribution in [3.05, 3.63) is 29.8 Å². The summed E-state index contributed by atoms with van der Waals surface area (Å²) in [5, 5.41) is 6.37. The standard InChI is InChI=1S/C16H24N2O3/c1-20-10-3-11-21-15-5-2-4-13(12-15)16(19)18-14-6-8-17-9-7-14/h2,4-5,12,14,17H,3,6-11H2,1H3,(H,18,19). The molecular formula is C16H24N2O3. The highest BCUT2D eigenvalue weighted by atomic mass is 16.5. The molecule has 0 radical (unpaired) electrons. The van der Waals surface area contributed by atoms with Crippen molar-refractivity contribution in [2.24, 2.45) is 0 Å². The average molecular weight is 292 g/mol. The van der Waals surface area contributed by atoms with E-state index in [2.05, 4.69) is 10.6 Å². The number of carbonyl (C=O) groups is 1. The second-order valence-corrected chi connectivity index (χ2v) is 5.22. The first-order valence-corrected chi connectivity index (χ1v) is 7.53. The SMILES string of the molecule is COCCCOc1cccc(C(=O)NC2CCNCC2)c1. The van der Waals surface area contributed by atoms with Crippen molar-refractivity contribution in [3.63, 3.8) is 0 Å². The molecule has 1 fully saturated rings. The lowest BCUT2D eigenvalue weighted by Gasteiger charge is -2.23. The number of hydrogen-bond acceptors (Lipinski definition) is 4. The molecule has 0 saturated carbocycles. The first-order valence-electron chi connectivity index (χ1n) is 7.53. The van der Waals surface area contributed by atoms with Gasteiger partial charge in [-0.1, -0.05) is 6.07 Å². The summed E-state index contributed by atoms with van der Waals surface area (Å²) in [5.74, 6) is 0.702. The Balaban J connectivity index is 1.85. The monoisotopic (exact) mass is 292 g/mol. The molecule has 1 aromatic carbocycles. The fourth-order valence-electron chi connectivity index (χ4n) is 2.36. The Morgan fingerprint density at radius 1 is 1.33 bits per heavy atom. The van der Waals surface area contributed by atoms with Crippen LogP contribution >= 0.6 is 0 Å². The number of amides is 1. The summed E-state index contributed by atoms with van der Waals surface area (Å²) >= 11 is 0. The number of benzene rings is 1. The summed E-state index contributed by atoms with van der Waals surface area (Å²) < 4.78 is 10.6. The van der Waals surface area contributed by atoms with E-state index in [1.807, 2.05) is 18.2 Å². The van der Waals surface area contributed by atoms with Gasteiger partial charge in [0.2, 0.25) is 0 Å². The lowest BCUT2D eigenvalue weighted by atomic mass is 10.1. The Kier molecular flexibility index (Phi) is 6.50. The molecule has 21 heavy (non-hydrogen) atoms.